The summed E-state index contributed by atoms with van der Waals surface area (Å²) in [6.07, 6.45) is 2.73. The van der Waals surface area contributed by atoms with Crippen LogP contribution < -0.4 is 4.74 Å². The number of benzene rings is 1. The maximum absolute atomic E-state index is 12.3. The minimum Gasteiger partial charge on any atom is -0.494 e. The summed E-state index contributed by atoms with van der Waals surface area (Å²) in [5.74, 6) is 0.547. The number of amides is 1. The number of likely N-dealkylation sites (tertiary alicyclic amines) is 1. The standard InChI is InChI=1S/C18H24ClNO4/c1-14-13-15(4-5-16(14)19)22-10-2-3-17(21)20-8-6-18(7-9-20)23-11-12-24-18/h4-5,13H,2-3,6-12H2,1H3. The van der Waals surface area contributed by atoms with Crippen LogP contribution in [0.15, 0.2) is 18.2 Å². The Morgan fingerprint density at radius 3 is 2.67 bits per heavy atom. The van der Waals surface area contributed by atoms with Crippen molar-refractivity contribution in [1.82, 2.24) is 4.90 Å². The lowest BCUT2D eigenvalue weighted by molar-refractivity contribution is -0.187. The fourth-order valence-electron chi connectivity index (χ4n) is 3.16. The molecule has 3 rings (SSSR count). The van der Waals surface area contributed by atoms with E-state index in [1.807, 2.05) is 30.0 Å². The molecule has 0 bridgehead atoms. The second kappa shape index (κ2) is 7.72. The summed E-state index contributed by atoms with van der Waals surface area (Å²) in [7, 11) is 0. The molecule has 2 saturated heterocycles. The lowest BCUT2D eigenvalue weighted by Gasteiger charge is -2.37. The average molecular weight is 354 g/mol. The van der Waals surface area contributed by atoms with Gasteiger partial charge in [0.2, 0.25) is 5.91 Å². The molecular formula is C18H24ClNO4. The van der Waals surface area contributed by atoms with Crippen molar-refractivity contribution in [2.75, 3.05) is 32.9 Å². The first-order chi connectivity index (χ1) is 11.6. The molecule has 0 N–H and O–H groups in total. The van der Waals surface area contributed by atoms with Gasteiger partial charge in [0.1, 0.15) is 5.75 Å². The van der Waals surface area contributed by atoms with E-state index in [1.165, 1.54) is 0 Å². The summed E-state index contributed by atoms with van der Waals surface area (Å²) in [5, 5.41) is 0.732. The first-order valence-corrected chi connectivity index (χ1v) is 8.90. The van der Waals surface area contributed by atoms with Gasteiger partial charge in [0.25, 0.3) is 0 Å². The molecule has 1 amide bonds. The number of rotatable bonds is 5. The number of hydrogen-bond acceptors (Lipinski definition) is 4. The minimum absolute atomic E-state index is 0.179. The summed E-state index contributed by atoms with van der Waals surface area (Å²) >= 11 is 5.99. The molecule has 0 radical (unpaired) electrons. The van der Waals surface area contributed by atoms with Crippen LogP contribution in [0.25, 0.3) is 0 Å². The van der Waals surface area contributed by atoms with Crippen LogP contribution in [0, 0.1) is 6.92 Å². The summed E-state index contributed by atoms with van der Waals surface area (Å²) in [6.45, 7) is 5.20. The zero-order valence-electron chi connectivity index (χ0n) is 14.1. The number of nitrogens with zero attached hydrogens (tertiary/aromatic N) is 1. The van der Waals surface area contributed by atoms with E-state index in [1.54, 1.807) is 0 Å². The van der Waals surface area contributed by atoms with Gasteiger partial charge in [-0.15, -0.1) is 0 Å². The first-order valence-electron chi connectivity index (χ1n) is 8.53. The van der Waals surface area contributed by atoms with E-state index in [-0.39, 0.29) is 5.91 Å². The molecule has 6 heteroatoms. The largest absolute Gasteiger partial charge is 0.494 e. The topological polar surface area (TPSA) is 48.0 Å². The van der Waals surface area contributed by atoms with Gasteiger partial charge in [0.15, 0.2) is 5.79 Å². The summed E-state index contributed by atoms with van der Waals surface area (Å²) in [4.78, 5) is 14.2. The number of carbonyl (C=O) groups excluding carboxylic acids is 1. The molecule has 0 atom stereocenters. The maximum Gasteiger partial charge on any atom is 0.222 e. The fourth-order valence-corrected chi connectivity index (χ4v) is 3.28. The van der Waals surface area contributed by atoms with Crippen molar-refractivity contribution in [3.63, 3.8) is 0 Å². The lowest BCUT2D eigenvalue weighted by atomic mass is 10.0. The van der Waals surface area contributed by atoms with Gasteiger partial charge >= 0.3 is 0 Å². The van der Waals surface area contributed by atoms with E-state index in [0.717, 1.165) is 29.2 Å². The number of carbonyl (C=O) groups is 1. The highest BCUT2D eigenvalue weighted by Gasteiger charge is 2.40. The lowest BCUT2D eigenvalue weighted by Crippen LogP contribution is -2.47. The van der Waals surface area contributed by atoms with Gasteiger partial charge < -0.3 is 19.1 Å². The zero-order chi connectivity index (χ0) is 17.0. The Morgan fingerprint density at radius 1 is 1.29 bits per heavy atom. The summed E-state index contributed by atoms with van der Waals surface area (Å²) in [6, 6.07) is 5.59. The molecule has 2 fully saturated rings. The second-order valence-corrected chi connectivity index (χ2v) is 6.76. The van der Waals surface area contributed by atoms with Crippen LogP contribution in [-0.4, -0.2) is 49.5 Å². The van der Waals surface area contributed by atoms with E-state index in [4.69, 9.17) is 25.8 Å². The van der Waals surface area contributed by atoms with Crippen molar-refractivity contribution in [3.05, 3.63) is 28.8 Å². The molecular weight excluding hydrogens is 330 g/mol. The normalized spacial score (nSPS) is 19.7. The van der Waals surface area contributed by atoms with E-state index in [0.29, 0.717) is 45.8 Å². The first kappa shape index (κ1) is 17.5. The Morgan fingerprint density at radius 2 is 2.00 bits per heavy atom. The minimum atomic E-state index is -0.424. The third-order valence-corrected chi connectivity index (χ3v) is 5.05. The molecule has 2 heterocycles. The van der Waals surface area contributed by atoms with E-state index in [9.17, 15) is 4.79 Å². The number of halogens is 1. The van der Waals surface area contributed by atoms with Gasteiger partial charge in [-0.1, -0.05) is 11.6 Å². The van der Waals surface area contributed by atoms with Gasteiger partial charge in [-0.25, -0.2) is 0 Å². The van der Waals surface area contributed by atoms with Crippen LogP contribution in [0.2, 0.25) is 5.02 Å². The van der Waals surface area contributed by atoms with Crippen LogP contribution in [0.3, 0.4) is 0 Å². The van der Waals surface area contributed by atoms with Crippen molar-refractivity contribution in [2.45, 2.75) is 38.4 Å². The molecule has 1 spiro atoms. The van der Waals surface area contributed by atoms with Crippen LogP contribution in [0.4, 0.5) is 0 Å². The highest BCUT2D eigenvalue weighted by Crippen LogP contribution is 2.31. The maximum atomic E-state index is 12.3. The van der Waals surface area contributed by atoms with E-state index >= 15 is 0 Å². The van der Waals surface area contributed by atoms with Crippen LogP contribution in [0.1, 0.15) is 31.2 Å². The van der Waals surface area contributed by atoms with Crippen molar-refractivity contribution < 1.29 is 19.0 Å². The molecule has 132 valence electrons. The number of piperidine rings is 1. The smallest absolute Gasteiger partial charge is 0.222 e. The van der Waals surface area contributed by atoms with Crippen LogP contribution in [0.5, 0.6) is 5.75 Å². The van der Waals surface area contributed by atoms with Crippen LogP contribution >= 0.6 is 11.6 Å². The van der Waals surface area contributed by atoms with Crippen molar-refractivity contribution >= 4 is 17.5 Å². The number of aryl methyl sites for hydroxylation is 1. The molecule has 0 aliphatic carbocycles. The Labute approximate surface area is 147 Å². The monoisotopic (exact) mass is 353 g/mol. The van der Waals surface area contributed by atoms with Crippen LogP contribution in [-0.2, 0) is 14.3 Å². The van der Waals surface area contributed by atoms with Gasteiger partial charge in [-0.05, 0) is 37.1 Å². The van der Waals surface area contributed by atoms with Gasteiger partial charge in [-0.2, -0.15) is 0 Å². The predicted molar refractivity (Wildman–Crippen MR) is 91.4 cm³/mol. The molecule has 0 aromatic heterocycles. The van der Waals surface area contributed by atoms with Gasteiger partial charge in [-0.3, -0.25) is 4.79 Å². The van der Waals surface area contributed by atoms with Crippen molar-refractivity contribution in [2.24, 2.45) is 0 Å². The molecule has 2 aliphatic rings. The molecule has 0 saturated carbocycles. The Balaban J connectivity index is 1.36. The highest BCUT2D eigenvalue weighted by atomic mass is 35.5. The van der Waals surface area contributed by atoms with Crippen molar-refractivity contribution in [3.8, 4) is 5.75 Å². The Kier molecular flexibility index (Phi) is 5.64. The third kappa shape index (κ3) is 4.21. The Hall–Kier alpha value is -1.30. The molecule has 5 nitrogen and oxygen atoms in total. The van der Waals surface area contributed by atoms with E-state index < -0.39 is 5.79 Å². The summed E-state index contributed by atoms with van der Waals surface area (Å²) < 4.78 is 17.1. The van der Waals surface area contributed by atoms with Gasteiger partial charge in [0, 0.05) is 37.4 Å². The summed E-state index contributed by atoms with van der Waals surface area (Å²) in [5.41, 5.74) is 0.990. The molecule has 1 aromatic carbocycles. The number of hydrogen-bond donors (Lipinski definition) is 0. The molecule has 0 unspecified atom stereocenters. The van der Waals surface area contributed by atoms with Crippen molar-refractivity contribution in [1.29, 1.82) is 0 Å². The predicted octanol–water partition coefficient (Wildman–Crippen LogP) is 3.17. The fraction of sp³-hybridized carbons (Fsp3) is 0.611. The Bertz CT molecular complexity index is 576. The third-order valence-electron chi connectivity index (χ3n) is 4.62. The molecule has 24 heavy (non-hydrogen) atoms. The number of ether oxygens (including phenoxy) is 3. The average Bonchev–Trinajstić information content (AvgIpc) is 3.03. The highest BCUT2D eigenvalue weighted by molar-refractivity contribution is 6.31. The van der Waals surface area contributed by atoms with Gasteiger partial charge in [0.05, 0.1) is 19.8 Å². The quantitative estimate of drug-likeness (QED) is 0.763. The molecule has 2 aliphatic heterocycles. The SMILES string of the molecule is Cc1cc(OCCCC(=O)N2CCC3(CC2)OCCO3)ccc1Cl. The van der Waals surface area contributed by atoms with E-state index in [2.05, 4.69) is 0 Å². The molecule has 1 aromatic rings. The second-order valence-electron chi connectivity index (χ2n) is 6.35. The zero-order valence-corrected chi connectivity index (χ0v) is 14.8.